The predicted octanol–water partition coefficient (Wildman–Crippen LogP) is 2.37. The predicted molar refractivity (Wildman–Crippen MR) is 107 cm³/mol. The SMILES string of the molecule is Cc1ccc(C(=O)CN2CCN(S(=O)(=O)CCc3ccccc3)CC2)cc1. The summed E-state index contributed by atoms with van der Waals surface area (Å²) in [7, 11) is -3.27. The molecule has 1 aliphatic heterocycles. The average molecular weight is 387 g/mol. The maximum Gasteiger partial charge on any atom is 0.214 e. The van der Waals surface area contributed by atoms with Crippen LogP contribution in [0.15, 0.2) is 54.6 Å². The zero-order chi connectivity index (χ0) is 19.3. The molecule has 0 N–H and O–H groups in total. The first-order valence-corrected chi connectivity index (χ1v) is 10.9. The van der Waals surface area contributed by atoms with E-state index >= 15 is 0 Å². The van der Waals surface area contributed by atoms with Crippen LogP contribution in [0.1, 0.15) is 21.5 Å². The molecule has 144 valence electrons. The van der Waals surface area contributed by atoms with Gasteiger partial charge in [-0.05, 0) is 18.9 Å². The average Bonchev–Trinajstić information content (AvgIpc) is 2.68. The Hall–Kier alpha value is -2.02. The Morgan fingerprint density at radius 1 is 0.926 bits per heavy atom. The van der Waals surface area contributed by atoms with E-state index < -0.39 is 10.0 Å². The van der Waals surface area contributed by atoms with Gasteiger partial charge in [0.2, 0.25) is 10.0 Å². The number of Topliss-reactive ketones (excluding diaryl/α,β-unsaturated/α-hetero) is 1. The van der Waals surface area contributed by atoms with E-state index in [1.165, 1.54) is 0 Å². The van der Waals surface area contributed by atoms with Crippen LogP contribution < -0.4 is 0 Å². The van der Waals surface area contributed by atoms with E-state index in [9.17, 15) is 13.2 Å². The zero-order valence-corrected chi connectivity index (χ0v) is 16.5. The van der Waals surface area contributed by atoms with Crippen molar-refractivity contribution in [2.24, 2.45) is 0 Å². The molecule has 2 aromatic carbocycles. The van der Waals surface area contributed by atoms with Crippen LogP contribution in [0.25, 0.3) is 0 Å². The van der Waals surface area contributed by atoms with Gasteiger partial charge in [0.1, 0.15) is 0 Å². The van der Waals surface area contributed by atoms with E-state index in [1.807, 2.05) is 66.4 Å². The normalized spacial score (nSPS) is 16.3. The van der Waals surface area contributed by atoms with Gasteiger partial charge in [-0.1, -0.05) is 60.2 Å². The van der Waals surface area contributed by atoms with E-state index in [0.717, 1.165) is 11.1 Å². The van der Waals surface area contributed by atoms with Crippen LogP contribution in [0.3, 0.4) is 0 Å². The Labute approximate surface area is 161 Å². The summed E-state index contributed by atoms with van der Waals surface area (Å²) in [6.07, 6.45) is 0.523. The summed E-state index contributed by atoms with van der Waals surface area (Å²) in [6.45, 7) is 4.38. The lowest BCUT2D eigenvalue weighted by atomic mass is 10.1. The van der Waals surface area contributed by atoms with Crippen molar-refractivity contribution < 1.29 is 13.2 Å². The van der Waals surface area contributed by atoms with Crippen LogP contribution in [-0.4, -0.2) is 61.9 Å². The minimum Gasteiger partial charge on any atom is -0.293 e. The van der Waals surface area contributed by atoms with Crippen LogP contribution in [0.5, 0.6) is 0 Å². The molecule has 27 heavy (non-hydrogen) atoms. The van der Waals surface area contributed by atoms with Crippen molar-refractivity contribution in [2.45, 2.75) is 13.3 Å². The second-order valence-corrected chi connectivity index (χ2v) is 9.10. The fourth-order valence-corrected chi connectivity index (χ4v) is 4.69. The van der Waals surface area contributed by atoms with Crippen LogP contribution in [0.2, 0.25) is 0 Å². The lowest BCUT2D eigenvalue weighted by Gasteiger charge is -2.33. The molecular formula is C21H26N2O3S. The molecule has 0 unspecified atom stereocenters. The Bertz CT molecular complexity index is 856. The van der Waals surface area contributed by atoms with Crippen LogP contribution in [-0.2, 0) is 16.4 Å². The highest BCUT2D eigenvalue weighted by molar-refractivity contribution is 7.89. The molecule has 3 rings (SSSR count). The lowest BCUT2D eigenvalue weighted by molar-refractivity contribution is 0.0901. The fraction of sp³-hybridized carbons (Fsp3) is 0.381. The molecule has 5 nitrogen and oxygen atoms in total. The van der Waals surface area contributed by atoms with E-state index in [-0.39, 0.29) is 11.5 Å². The summed E-state index contributed by atoms with van der Waals surface area (Å²) in [5.41, 5.74) is 2.86. The smallest absolute Gasteiger partial charge is 0.214 e. The molecule has 0 aliphatic carbocycles. The molecule has 0 saturated carbocycles. The number of carbonyl (C=O) groups excluding carboxylic acids is 1. The number of aryl methyl sites for hydroxylation is 2. The first kappa shape index (κ1) is 19.7. The number of sulfonamides is 1. The summed E-state index contributed by atoms with van der Waals surface area (Å²) in [6, 6.07) is 17.2. The molecule has 1 fully saturated rings. The Balaban J connectivity index is 1.49. The number of rotatable bonds is 7. The van der Waals surface area contributed by atoms with E-state index in [4.69, 9.17) is 0 Å². The maximum absolute atomic E-state index is 12.6. The van der Waals surface area contributed by atoms with Crippen LogP contribution in [0.4, 0.5) is 0 Å². The fourth-order valence-electron chi connectivity index (χ4n) is 3.22. The molecule has 0 radical (unpaired) electrons. The molecule has 1 aliphatic rings. The quantitative estimate of drug-likeness (QED) is 0.686. The van der Waals surface area contributed by atoms with Gasteiger partial charge in [-0.25, -0.2) is 8.42 Å². The third-order valence-corrected chi connectivity index (χ3v) is 6.83. The first-order chi connectivity index (χ1) is 12.9. The van der Waals surface area contributed by atoms with Crippen molar-refractivity contribution >= 4 is 15.8 Å². The van der Waals surface area contributed by atoms with Gasteiger partial charge in [0.25, 0.3) is 0 Å². The number of hydrogen-bond acceptors (Lipinski definition) is 4. The molecular weight excluding hydrogens is 360 g/mol. The summed E-state index contributed by atoms with van der Waals surface area (Å²) in [5, 5.41) is 0. The zero-order valence-electron chi connectivity index (χ0n) is 15.7. The monoisotopic (exact) mass is 386 g/mol. The molecule has 0 bridgehead atoms. The highest BCUT2D eigenvalue weighted by atomic mass is 32.2. The second-order valence-electron chi connectivity index (χ2n) is 7.02. The van der Waals surface area contributed by atoms with Crippen molar-refractivity contribution in [3.05, 3.63) is 71.3 Å². The van der Waals surface area contributed by atoms with Crippen molar-refractivity contribution in [2.75, 3.05) is 38.5 Å². The lowest BCUT2D eigenvalue weighted by Crippen LogP contribution is -2.50. The Morgan fingerprint density at radius 2 is 1.56 bits per heavy atom. The summed E-state index contributed by atoms with van der Waals surface area (Å²) >= 11 is 0. The number of hydrogen-bond donors (Lipinski definition) is 0. The number of carbonyl (C=O) groups is 1. The van der Waals surface area contributed by atoms with Gasteiger partial charge < -0.3 is 0 Å². The van der Waals surface area contributed by atoms with Gasteiger partial charge >= 0.3 is 0 Å². The molecule has 0 atom stereocenters. The highest BCUT2D eigenvalue weighted by Gasteiger charge is 2.27. The largest absolute Gasteiger partial charge is 0.293 e. The number of benzene rings is 2. The standard InChI is InChI=1S/C21H26N2O3S/c1-18-7-9-20(10-8-18)21(24)17-22-12-14-23(15-13-22)27(25,26)16-11-19-5-3-2-4-6-19/h2-10H,11-17H2,1H3. The van der Waals surface area contributed by atoms with Gasteiger partial charge in [-0.15, -0.1) is 0 Å². The highest BCUT2D eigenvalue weighted by Crippen LogP contribution is 2.12. The summed E-state index contributed by atoms with van der Waals surface area (Å²) in [5.74, 6) is 0.203. The van der Waals surface area contributed by atoms with Crippen LogP contribution >= 0.6 is 0 Å². The minimum atomic E-state index is -3.27. The molecule has 0 spiro atoms. The van der Waals surface area contributed by atoms with Gasteiger partial charge in [0.05, 0.1) is 12.3 Å². The molecule has 0 aromatic heterocycles. The van der Waals surface area contributed by atoms with E-state index in [2.05, 4.69) is 0 Å². The third kappa shape index (κ3) is 5.48. The Morgan fingerprint density at radius 3 is 2.19 bits per heavy atom. The minimum absolute atomic E-state index is 0.0791. The topological polar surface area (TPSA) is 57.7 Å². The second kappa shape index (κ2) is 8.78. The number of nitrogens with zero attached hydrogens (tertiary/aromatic N) is 2. The van der Waals surface area contributed by atoms with E-state index in [0.29, 0.717) is 44.7 Å². The molecule has 2 aromatic rings. The Kier molecular flexibility index (Phi) is 6.42. The van der Waals surface area contributed by atoms with Gasteiger partial charge in [0, 0.05) is 31.7 Å². The van der Waals surface area contributed by atoms with Crippen LogP contribution in [0, 0.1) is 6.92 Å². The third-order valence-electron chi connectivity index (χ3n) is 4.96. The van der Waals surface area contributed by atoms with Crippen molar-refractivity contribution in [1.29, 1.82) is 0 Å². The first-order valence-electron chi connectivity index (χ1n) is 9.28. The molecule has 1 heterocycles. The van der Waals surface area contributed by atoms with Crippen molar-refractivity contribution in [1.82, 2.24) is 9.21 Å². The molecule has 1 saturated heterocycles. The molecule has 6 heteroatoms. The molecule has 0 amide bonds. The van der Waals surface area contributed by atoms with Gasteiger partial charge in [-0.2, -0.15) is 4.31 Å². The number of ketones is 1. The maximum atomic E-state index is 12.6. The summed E-state index contributed by atoms with van der Waals surface area (Å²) < 4.78 is 26.7. The van der Waals surface area contributed by atoms with Crippen molar-refractivity contribution in [3.63, 3.8) is 0 Å². The van der Waals surface area contributed by atoms with E-state index in [1.54, 1.807) is 4.31 Å². The van der Waals surface area contributed by atoms with Gasteiger partial charge in [0.15, 0.2) is 5.78 Å². The summed E-state index contributed by atoms with van der Waals surface area (Å²) in [4.78, 5) is 14.4. The van der Waals surface area contributed by atoms with Gasteiger partial charge in [-0.3, -0.25) is 9.69 Å². The van der Waals surface area contributed by atoms with Crippen molar-refractivity contribution in [3.8, 4) is 0 Å². The number of piperazine rings is 1.